The summed E-state index contributed by atoms with van der Waals surface area (Å²) in [6.45, 7) is 0. The number of hydrogen-bond acceptors (Lipinski definition) is 2. The van der Waals surface area contributed by atoms with Crippen molar-refractivity contribution in [1.82, 2.24) is 4.57 Å². The highest BCUT2D eigenvalue weighted by atomic mass is 31.2. The van der Waals surface area contributed by atoms with Gasteiger partial charge in [-0.1, -0.05) is 127 Å². The SMILES string of the molecule is O=P(c1ccccc1)(c1ccccc1)c1cccc2c1oc1ccc(-c3ccc(-n4c5ccccc5c5ccccc54)cc3)cc12. The molecule has 0 spiro atoms. The van der Waals surface area contributed by atoms with Gasteiger partial charge >= 0.3 is 0 Å². The Balaban J connectivity index is 1.17. The summed E-state index contributed by atoms with van der Waals surface area (Å²) in [7, 11) is -3.21. The third-order valence-electron chi connectivity index (χ3n) is 9.09. The Morgan fingerprint density at radius 1 is 0.457 bits per heavy atom. The monoisotopic (exact) mass is 609 g/mol. The molecule has 0 aliphatic rings. The predicted octanol–water partition coefficient (Wildman–Crippen LogP) is 9.99. The van der Waals surface area contributed by atoms with Crippen molar-refractivity contribution >= 4 is 66.8 Å². The van der Waals surface area contributed by atoms with Gasteiger partial charge in [-0.05, 0) is 53.6 Å². The van der Waals surface area contributed by atoms with E-state index in [9.17, 15) is 0 Å². The number of rotatable bonds is 5. The number of hydrogen-bond donors (Lipinski definition) is 0. The van der Waals surface area contributed by atoms with Gasteiger partial charge in [0.25, 0.3) is 0 Å². The largest absolute Gasteiger partial charge is 0.455 e. The molecule has 0 radical (unpaired) electrons. The van der Waals surface area contributed by atoms with E-state index in [1.807, 2.05) is 78.9 Å². The number of furan rings is 1. The van der Waals surface area contributed by atoms with Crippen molar-refractivity contribution in [1.29, 1.82) is 0 Å². The molecule has 2 aromatic heterocycles. The van der Waals surface area contributed by atoms with E-state index in [0.717, 1.165) is 49.1 Å². The zero-order valence-corrected chi connectivity index (χ0v) is 25.8. The van der Waals surface area contributed by atoms with Crippen LogP contribution in [0.4, 0.5) is 0 Å². The molecule has 9 aromatic rings. The molecule has 0 amide bonds. The smallest absolute Gasteiger partial charge is 0.174 e. The highest BCUT2D eigenvalue weighted by Gasteiger charge is 2.33. The Kier molecular flexibility index (Phi) is 6.09. The van der Waals surface area contributed by atoms with Gasteiger partial charge in [0.2, 0.25) is 0 Å². The molecule has 7 aromatic carbocycles. The van der Waals surface area contributed by atoms with E-state index in [-0.39, 0.29) is 0 Å². The van der Waals surface area contributed by atoms with E-state index >= 15 is 4.57 Å². The molecule has 218 valence electrons. The molecule has 0 unspecified atom stereocenters. The summed E-state index contributed by atoms with van der Waals surface area (Å²) in [5.41, 5.74) is 7.19. The number of benzene rings is 7. The molecule has 0 N–H and O–H groups in total. The van der Waals surface area contributed by atoms with E-state index in [1.54, 1.807) is 0 Å². The summed E-state index contributed by atoms with van der Waals surface area (Å²) < 4.78 is 24.1. The number of para-hydroxylation sites is 3. The molecule has 4 heteroatoms. The van der Waals surface area contributed by atoms with Gasteiger partial charge in [0, 0.05) is 37.8 Å². The lowest BCUT2D eigenvalue weighted by Gasteiger charge is -2.20. The molecule has 0 aliphatic heterocycles. The molecule has 0 saturated carbocycles. The van der Waals surface area contributed by atoms with E-state index in [4.69, 9.17) is 4.42 Å². The zero-order valence-electron chi connectivity index (χ0n) is 24.9. The van der Waals surface area contributed by atoms with Crippen molar-refractivity contribution < 1.29 is 8.98 Å². The van der Waals surface area contributed by atoms with Gasteiger partial charge in [0.15, 0.2) is 7.14 Å². The van der Waals surface area contributed by atoms with Crippen LogP contribution in [0.5, 0.6) is 0 Å². The van der Waals surface area contributed by atoms with Crippen molar-refractivity contribution in [3.8, 4) is 16.8 Å². The summed E-state index contributed by atoms with van der Waals surface area (Å²) >= 11 is 0. The van der Waals surface area contributed by atoms with Crippen LogP contribution in [-0.2, 0) is 4.57 Å². The predicted molar refractivity (Wildman–Crippen MR) is 193 cm³/mol. The topological polar surface area (TPSA) is 35.1 Å². The third kappa shape index (κ3) is 4.03. The van der Waals surface area contributed by atoms with Gasteiger partial charge in [0.05, 0.1) is 16.3 Å². The molecular formula is C42H28NO2P. The van der Waals surface area contributed by atoms with Gasteiger partial charge in [-0.15, -0.1) is 0 Å². The van der Waals surface area contributed by atoms with Crippen LogP contribution in [0.2, 0.25) is 0 Å². The lowest BCUT2D eigenvalue weighted by atomic mass is 10.0. The first-order valence-corrected chi connectivity index (χ1v) is 17.2. The number of aromatic nitrogens is 1. The summed E-state index contributed by atoms with van der Waals surface area (Å²) in [5, 5.41) is 6.77. The molecule has 2 heterocycles. The molecule has 0 saturated heterocycles. The second-order valence-corrected chi connectivity index (χ2v) is 14.4. The normalized spacial score (nSPS) is 12.0. The van der Waals surface area contributed by atoms with Crippen LogP contribution in [0.1, 0.15) is 0 Å². The highest BCUT2D eigenvalue weighted by molar-refractivity contribution is 7.85. The van der Waals surface area contributed by atoms with E-state index in [0.29, 0.717) is 5.58 Å². The minimum Gasteiger partial charge on any atom is -0.455 e. The highest BCUT2D eigenvalue weighted by Crippen LogP contribution is 2.46. The minimum absolute atomic E-state index is 0.674. The molecule has 0 fully saturated rings. The Morgan fingerprint density at radius 3 is 1.63 bits per heavy atom. The molecule has 0 aliphatic carbocycles. The van der Waals surface area contributed by atoms with Crippen molar-refractivity contribution in [2.24, 2.45) is 0 Å². The van der Waals surface area contributed by atoms with Crippen molar-refractivity contribution in [3.05, 3.63) is 170 Å². The second-order valence-electron chi connectivity index (χ2n) is 11.7. The van der Waals surface area contributed by atoms with Gasteiger partial charge in [0.1, 0.15) is 11.2 Å². The number of fused-ring (bicyclic) bond motifs is 6. The van der Waals surface area contributed by atoms with Crippen LogP contribution in [0.15, 0.2) is 174 Å². The van der Waals surface area contributed by atoms with Crippen LogP contribution < -0.4 is 15.9 Å². The van der Waals surface area contributed by atoms with Gasteiger partial charge in [-0.3, -0.25) is 0 Å². The first-order valence-electron chi connectivity index (χ1n) is 15.5. The van der Waals surface area contributed by atoms with Crippen molar-refractivity contribution in [2.75, 3.05) is 0 Å². The molecule has 0 atom stereocenters. The first-order chi connectivity index (χ1) is 22.7. The summed E-state index contributed by atoms with van der Waals surface area (Å²) in [4.78, 5) is 0. The van der Waals surface area contributed by atoms with Crippen molar-refractivity contribution in [2.45, 2.75) is 0 Å². The van der Waals surface area contributed by atoms with E-state index in [1.165, 1.54) is 21.8 Å². The fourth-order valence-corrected chi connectivity index (χ4v) is 9.70. The molecule has 46 heavy (non-hydrogen) atoms. The fourth-order valence-electron chi connectivity index (χ4n) is 6.92. The van der Waals surface area contributed by atoms with Crippen LogP contribution in [0.25, 0.3) is 60.6 Å². The molecule has 9 rings (SSSR count). The lowest BCUT2D eigenvalue weighted by molar-refractivity contribution is 0.592. The standard InChI is InChI=1S/C42H28NO2P/c44-46(32-12-3-1-4-13-32,33-14-5-2-6-15-33)41-21-11-18-36-37-28-30(24-27-40(37)45-42(36)41)29-22-25-31(26-23-29)43-38-19-9-7-16-34(38)35-17-8-10-20-39(35)43/h1-28H. The Hall–Kier alpha value is -5.63. The Morgan fingerprint density at radius 2 is 1.00 bits per heavy atom. The van der Waals surface area contributed by atoms with Crippen LogP contribution >= 0.6 is 7.14 Å². The Bertz CT molecular complexity index is 2500. The summed E-state index contributed by atoms with van der Waals surface area (Å²) in [6, 6.07) is 57.8. The van der Waals surface area contributed by atoms with Crippen LogP contribution in [0.3, 0.4) is 0 Å². The maximum atomic E-state index is 15.2. The van der Waals surface area contributed by atoms with E-state index in [2.05, 4.69) is 95.6 Å². The molecular weight excluding hydrogens is 581 g/mol. The Labute approximate surface area is 266 Å². The maximum Gasteiger partial charge on any atom is 0.174 e. The second kappa shape index (κ2) is 10.5. The minimum atomic E-state index is -3.21. The average Bonchev–Trinajstić information content (AvgIpc) is 3.68. The zero-order chi connectivity index (χ0) is 30.7. The summed E-state index contributed by atoms with van der Waals surface area (Å²) in [5.74, 6) is 0. The van der Waals surface area contributed by atoms with Gasteiger partial charge in [-0.2, -0.15) is 0 Å². The van der Waals surface area contributed by atoms with Crippen molar-refractivity contribution in [3.63, 3.8) is 0 Å². The van der Waals surface area contributed by atoms with Gasteiger partial charge < -0.3 is 13.5 Å². The average molecular weight is 610 g/mol. The first kappa shape index (κ1) is 26.7. The lowest BCUT2D eigenvalue weighted by Crippen LogP contribution is -2.25. The van der Waals surface area contributed by atoms with Crippen LogP contribution in [-0.4, -0.2) is 4.57 Å². The quantitative estimate of drug-likeness (QED) is 0.182. The third-order valence-corrected chi connectivity index (χ3v) is 12.2. The molecule has 0 bridgehead atoms. The fraction of sp³-hybridized carbons (Fsp3) is 0. The van der Waals surface area contributed by atoms with E-state index < -0.39 is 7.14 Å². The maximum absolute atomic E-state index is 15.2. The van der Waals surface area contributed by atoms with Gasteiger partial charge in [-0.25, -0.2) is 0 Å². The summed E-state index contributed by atoms with van der Waals surface area (Å²) in [6.07, 6.45) is 0. The van der Waals surface area contributed by atoms with Crippen LogP contribution in [0, 0.1) is 0 Å². The number of nitrogens with zero attached hydrogens (tertiary/aromatic N) is 1. The molecule has 3 nitrogen and oxygen atoms in total.